The lowest BCUT2D eigenvalue weighted by molar-refractivity contribution is 0.417. The average molecular weight is 265 g/mol. The van der Waals surface area contributed by atoms with Crippen LogP contribution in [0.5, 0.6) is 0 Å². The predicted octanol–water partition coefficient (Wildman–Crippen LogP) is 2.59. The molecule has 0 bridgehead atoms. The van der Waals surface area contributed by atoms with Crippen molar-refractivity contribution in [2.24, 2.45) is 11.7 Å². The fourth-order valence-electron chi connectivity index (χ4n) is 1.90. The fourth-order valence-corrected chi connectivity index (χ4v) is 2.81. The summed E-state index contributed by atoms with van der Waals surface area (Å²) < 4.78 is 30.1. The lowest BCUT2D eigenvalue weighted by Gasteiger charge is -2.18. The summed E-state index contributed by atoms with van der Waals surface area (Å²) in [6, 6.07) is -0.136. The molecule has 104 valence electrons. The Morgan fingerprint density at radius 2 is 1.65 bits per heavy atom. The van der Waals surface area contributed by atoms with Crippen molar-refractivity contribution in [3.8, 4) is 0 Å². The van der Waals surface area contributed by atoms with Crippen LogP contribution in [0.25, 0.3) is 0 Å². The minimum absolute atomic E-state index is 0.136. The molecule has 5 heteroatoms. The average Bonchev–Trinajstić information content (AvgIpc) is 2.20. The quantitative estimate of drug-likeness (QED) is 0.470. The van der Waals surface area contributed by atoms with Crippen LogP contribution >= 0.6 is 0 Å². The largest absolute Gasteiger partial charge is 0.327 e. The van der Waals surface area contributed by atoms with Crippen LogP contribution in [0.1, 0.15) is 58.8 Å². The maximum atomic E-state index is 10.7. The molecule has 0 radical (unpaired) electrons. The van der Waals surface area contributed by atoms with Gasteiger partial charge in [0.05, 0.1) is 5.75 Å². The fraction of sp³-hybridized carbons (Fsp3) is 1.00. The first-order valence-electron chi connectivity index (χ1n) is 6.57. The van der Waals surface area contributed by atoms with Gasteiger partial charge in [0, 0.05) is 6.04 Å². The third-order valence-corrected chi connectivity index (χ3v) is 4.04. The molecule has 0 aliphatic heterocycles. The number of hydrogen-bond donors (Lipinski definition) is 2. The summed E-state index contributed by atoms with van der Waals surface area (Å²) in [6.45, 7) is 3.96. The maximum Gasteiger partial charge on any atom is 0.265 e. The first-order valence-corrected chi connectivity index (χ1v) is 8.18. The van der Waals surface area contributed by atoms with Crippen LogP contribution in [0.2, 0.25) is 0 Å². The molecule has 0 aromatic heterocycles. The summed E-state index contributed by atoms with van der Waals surface area (Å²) in [4.78, 5) is 0. The van der Waals surface area contributed by atoms with Crippen molar-refractivity contribution in [2.75, 3.05) is 5.75 Å². The highest BCUT2D eigenvalue weighted by molar-refractivity contribution is 7.85. The summed E-state index contributed by atoms with van der Waals surface area (Å²) in [6.07, 6.45) is 8.06. The Kier molecular flexibility index (Phi) is 8.82. The normalized spacial score (nSPS) is 15.8. The SMILES string of the molecule is CCCCCCCCC(N)C(C)CS(=O)(=O)O. The molecule has 0 heterocycles. The van der Waals surface area contributed by atoms with Gasteiger partial charge in [-0.15, -0.1) is 0 Å². The van der Waals surface area contributed by atoms with Gasteiger partial charge in [-0.1, -0.05) is 52.4 Å². The monoisotopic (exact) mass is 265 g/mol. The summed E-state index contributed by atoms with van der Waals surface area (Å²) in [5, 5.41) is 0. The molecule has 0 saturated heterocycles. The Hall–Kier alpha value is -0.130. The van der Waals surface area contributed by atoms with E-state index in [1.165, 1.54) is 25.7 Å². The van der Waals surface area contributed by atoms with Gasteiger partial charge in [-0.2, -0.15) is 8.42 Å². The Morgan fingerprint density at radius 1 is 1.12 bits per heavy atom. The molecular weight excluding hydrogens is 238 g/mol. The van der Waals surface area contributed by atoms with Gasteiger partial charge >= 0.3 is 0 Å². The summed E-state index contributed by atoms with van der Waals surface area (Å²) >= 11 is 0. The van der Waals surface area contributed by atoms with E-state index in [-0.39, 0.29) is 17.7 Å². The second-order valence-electron chi connectivity index (χ2n) is 4.95. The van der Waals surface area contributed by atoms with E-state index in [1.54, 1.807) is 6.92 Å². The number of nitrogens with two attached hydrogens (primary N) is 1. The van der Waals surface area contributed by atoms with Crippen LogP contribution in [-0.2, 0) is 10.1 Å². The van der Waals surface area contributed by atoms with Crippen LogP contribution in [0.3, 0.4) is 0 Å². The second kappa shape index (κ2) is 8.89. The van der Waals surface area contributed by atoms with E-state index in [1.807, 2.05) is 0 Å². The molecule has 0 spiro atoms. The maximum absolute atomic E-state index is 10.7. The van der Waals surface area contributed by atoms with Crippen LogP contribution in [-0.4, -0.2) is 24.8 Å². The van der Waals surface area contributed by atoms with Crippen molar-refractivity contribution in [1.82, 2.24) is 0 Å². The molecule has 2 unspecified atom stereocenters. The van der Waals surface area contributed by atoms with Gasteiger partial charge in [-0.25, -0.2) is 0 Å². The molecule has 0 amide bonds. The molecule has 4 nitrogen and oxygen atoms in total. The van der Waals surface area contributed by atoms with Crippen molar-refractivity contribution < 1.29 is 13.0 Å². The first kappa shape index (κ1) is 16.9. The Labute approximate surface area is 106 Å². The molecule has 0 aliphatic rings. The van der Waals surface area contributed by atoms with Crippen LogP contribution in [0.4, 0.5) is 0 Å². The van der Waals surface area contributed by atoms with Gasteiger partial charge in [0.1, 0.15) is 0 Å². The lowest BCUT2D eigenvalue weighted by Crippen LogP contribution is -2.32. The zero-order chi connectivity index (χ0) is 13.3. The third kappa shape index (κ3) is 10.7. The lowest BCUT2D eigenvalue weighted by atomic mass is 9.98. The molecule has 2 atom stereocenters. The molecule has 0 aromatic carbocycles. The van der Waals surface area contributed by atoms with E-state index in [9.17, 15) is 8.42 Å². The molecular formula is C12H27NO3S. The van der Waals surface area contributed by atoms with E-state index in [2.05, 4.69) is 6.92 Å². The number of hydrogen-bond acceptors (Lipinski definition) is 3. The first-order chi connectivity index (χ1) is 7.87. The minimum atomic E-state index is -3.89. The van der Waals surface area contributed by atoms with E-state index in [0.29, 0.717) is 0 Å². The van der Waals surface area contributed by atoms with Crippen LogP contribution < -0.4 is 5.73 Å². The van der Waals surface area contributed by atoms with E-state index >= 15 is 0 Å². The van der Waals surface area contributed by atoms with Crippen molar-refractivity contribution in [3.05, 3.63) is 0 Å². The Morgan fingerprint density at radius 3 is 2.18 bits per heavy atom. The highest BCUT2D eigenvalue weighted by atomic mass is 32.2. The van der Waals surface area contributed by atoms with Gasteiger partial charge in [0.2, 0.25) is 0 Å². The van der Waals surface area contributed by atoms with E-state index in [0.717, 1.165) is 19.3 Å². The van der Waals surface area contributed by atoms with Crippen LogP contribution in [0.15, 0.2) is 0 Å². The molecule has 0 fully saturated rings. The van der Waals surface area contributed by atoms with Gasteiger partial charge < -0.3 is 5.73 Å². The molecule has 0 aliphatic carbocycles. The second-order valence-corrected chi connectivity index (χ2v) is 6.44. The van der Waals surface area contributed by atoms with E-state index in [4.69, 9.17) is 10.3 Å². The third-order valence-electron chi connectivity index (χ3n) is 3.10. The van der Waals surface area contributed by atoms with Gasteiger partial charge in [-0.3, -0.25) is 4.55 Å². The number of rotatable bonds is 10. The van der Waals surface area contributed by atoms with E-state index < -0.39 is 10.1 Å². The van der Waals surface area contributed by atoms with Gasteiger partial charge in [0.15, 0.2) is 0 Å². The standard InChI is InChI=1S/C12H27NO3S/c1-3-4-5-6-7-8-9-12(13)11(2)10-17(14,15)16/h11-12H,3-10,13H2,1-2H3,(H,14,15,16). The molecule has 0 aromatic rings. The van der Waals surface area contributed by atoms with Crippen molar-refractivity contribution in [3.63, 3.8) is 0 Å². The number of unbranched alkanes of at least 4 members (excludes halogenated alkanes) is 5. The predicted molar refractivity (Wildman–Crippen MR) is 71.5 cm³/mol. The molecule has 17 heavy (non-hydrogen) atoms. The topological polar surface area (TPSA) is 80.4 Å². The smallest absolute Gasteiger partial charge is 0.265 e. The van der Waals surface area contributed by atoms with Crippen molar-refractivity contribution in [1.29, 1.82) is 0 Å². The zero-order valence-electron chi connectivity index (χ0n) is 11.1. The molecule has 3 N–H and O–H groups in total. The van der Waals surface area contributed by atoms with Crippen molar-refractivity contribution >= 4 is 10.1 Å². The molecule has 0 rings (SSSR count). The van der Waals surface area contributed by atoms with Gasteiger partial charge in [0.25, 0.3) is 10.1 Å². The highest BCUT2D eigenvalue weighted by Gasteiger charge is 2.18. The minimum Gasteiger partial charge on any atom is -0.327 e. The summed E-state index contributed by atoms with van der Waals surface area (Å²) in [5.74, 6) is -0.412. The highest BCUT2D eigenvalue weighted by Crippen LogP contribution is 2.13. The Bertz CT molecular complexity index is 277. The van der Waals surface area contributed by atoms with Crippen LogP contribution in [0, 0.1) is 5.92 Å². The Balaban J connectivity index is 3.61. The zero-order valence-corrected chi connectivity index (χ0v) is 11.9. The molecule has 0 saturated carbocycles. The summed E-state index contributed by atoms with van der Waals surface area (Å²) in [7, 11) is -3.89. The van der Waals surface area contributed by atoms with Gasteiger partial charge in [-0.05, 0) is 12.3 Å². The van der Waals surface area contributed by atoms with Crippen molar-refractivity contribution in [2.45, 2.75) is 64.8 Å². The summed E-state index contributed by atoms with van der Waals surface area (Å²) in [5.41, 5.74) is 5.89.